The van der Waals surface area contributed by atoms with Crippen molar-refractivity contribution in [2.45, 2.75) is 6.92 Å². The zero-order valence-corrected chi connectivity index (χ0v) is 14.8. The number of hydrogen-bond acceptors (Lipinski definition) is 6. The van der Waals surface area contributed by atoms with Crippen molar-refractivity contribution in [1.29, 1.82) is 0 Å². The summed E-state index contributed by atoms with van der Waals surface area (Å²) in [7, 11) is 1.69. The van der Waals surface area contributed by atoms with Crippen LogP contribution in [0, 0.1) is 11.8 Å². The van der Waals surface area contributed by atoms with E-state index in [4.69, 9.17) is 4.42 Å². The summed E-state index contributed by atoms with van der Waals surface area (Å²) in [6, 6.07) is 7.82. The largest absolute Gasteiger partial charge is 0.411 e. The van der Waals surface area contributed by atoms with E-state index in [2.05, 4.69) is 15.1 Å². The molecule has 0 saturated carbocycles. The maximum absolute atomic E-state index is 13.1. The number of hydrogen-bond donors (Lipinski definition) is 0. The number of fused-ring (bicyclic) bond motifs is 1. The summed E-state index contributed by atoms with van der Waals surface area (Å²) < 4.78 is 5.28. The molecule has 1 aromatic carbocycles. The van der Waals surface area contributed by atoms with Gasteiger partial charge in [0.2, 0.25) is 12.3 Å². The Labute approximate surface area is 151 Å². The number of para-hydroxylation sites is 1. The van der Waals surface area contributed by atoms with Crippen molar-refractivity contribution in [3.8, 4) is 0 Å². The van der Waals surface area contributed by atoms with Crippen molar-refractivity contribution in [2.75, 3.05) is 43.0 Å². The molecule has 2 fully saturated rings. The molecule has 0 N–H and O–H groups in total. The van der Waals surface area contributed by atoms with Gasteiger partial charge in [-0.1, -0.05) is 17.2 Å². The maximum Gasteiger partial charge on any atom is 0.317 e. The van der Waals surface area contributed by atoms with E-state index in [0.29, 0.717) is 42.2 Å². The lowest BCUT2D eigenvalue weighted by atomic mass is 10.0. The number of aromatic nitrogens is 2. The first kappa shape index (κ1) is 16.6. The molecule has 1 aromatic heterocycles. The lowest BCUT2D eigenvalue weighted by Gasteiger charge is -2.24. The second-order valence-electron chi connectivity index (χ2n) is 6.95. The predicted octanol–water partition coefficient (Wildman–Crippen LogP) is 1.26. The third-order valence-corrected chi connectivity index (χ3v) is 5.36. The van der Waals surface area contributed by atoms with Crippen LogP contribution in [0.25, 0.3) is 0 Å². The molecule has 8 heteroatoms. The molecule has 2 aliphatic heterocycles. The first-order chi connectivity index (χ1) is 12.5. The molecular weight excluding hydrogens is 334 g/mol. The van der Waals surface area contributed by atoms with Gasteiger partial charge in [-0.15, -0.1) is 5.10 Å². The fourth-order valence-corrected chi connectivity index (χ4v) is 3.91. The van der Waals surface area contributed by atoms with Gasteiger partial charge >= 0.3 is 6.01 Å². The van der Waals surface area contributed by atoms with Gasteiger partial charge in [0, 0.05) is 52.0 Å². The van der Waals surface area contributed by atoms with Crippen LogP contribution in [0.1, 0.15) is 17.3 Å². The van der Waals surface area contributed by atoms with Crippen LogP contribution in [-0.4, -0.2) is 60.1 Å². The molecule has 0 bridgehead atoms. The number of anilines is 2. The standard InChI is InChI=1S/C18H21N5O3/c1-12(24)21(2)16-6-4-3-5-15(16)17(25)22-7-13-9-23(10-14(13)8-22)18-20-19-11-26-18/h3-6,11,13-14H,7-10H2,1-2H3/t13-,14+. The topological polar surface area (TPSA) is 82.8 Å². The molecule has 0 aliphatic carbocycles. The molecule has 4 rings (SSSR count). The average Bonchev–Trinajstić information content (AvgIpc) is 3.35. The van der Waals surface area contributed by atoms with Gasteiger partial charge in [0.05, 0.1) is 11.3 Å². The highest BCUT2D eigenvalue weighted by Gasteiger charge is 2.43. The Kier molecular flexibility index (Phi) is 4.10. The van der Waals surface area contributed by atoms with Gasteiger partial charge in [0.25, 0.3) is 5.91 Å². The quantitative estimate of drug-likeness (QED) is 0.824. The van der Waals surface area contributed by atoms with E-state index in [1.165, 1.54) is 18.2 Å². The molecule has 2 saturated heterocycles. The summed E-state index contributed by atoms with van der Waals surface area (Å²) in [5, 5.41) is 7.69. The fourth-order valence-electron chi connectivity index (χ4n) is 3.91. The molecule has 0 unspecified atom stereocenters. The second-order valence-corrected chi connectivity index (χ2v) is 6.95. The molecule has 2 aromatic rings. The Balaban J connectivity index is 1.48. The lowest BCUT2D eigenvalue weighted by Crippen LogP contribution is -2.34. The van der Waals surface area contributed by atoms with Gasteiger partial charge in [-0.2, -0.15) is 0 Å². The van der Waals surface area contributed by atoms with Crippen LogP contribution in [0.5, 0.6) is 0 Å². The first-order valence-corrected chi connectivity index (χ1v) is 8.68. The second kappa shape index (κ2) is 6.44. The smallest absolute Gasteiger partial charge is 0.317 e. The zero-order valence-electron chi connectivity index (χ0n) is 14.8. The summed E-state index contributed by atoms with van der Waals surface area (Å²) in [6.07, 6.45) is 1.34. The van der Waals surface area contributed by atoms with Crippen LogP contribution in [-0.2, 0) is 4.79 Å². The normalized spacial score (nSPS) is 21.8. The summed E-state index contributed by atoms with van der Waals surface area (Å²) in [4.78, 5) is 30.3. The van der Waals surface area contributed by atoms with Gasteiger partial charge in [-0.05, 0) is 12.1 Å². The lowest BCUT2D eigenvalue weighted by molar-refractivity contribution is -0.116. The third kappa shape index (κ3) is 2.81. The summed E-state index contributed by atoms with van der Waals surface area (Å²) in [5.41, 5.74) is 1.22. The van der Waals surface area contributed by atoms with E-state index >= 15 is 0 Å². The minimum absolute atomic E-state index is 0.0209. The molecule has 0 radical (unpaired) electrons. The highest BCUT2D eigenvalue weighted by molar-refractivity contribution is 6.04. The Morgan fingerprint density at radius 3 is 2.46 bits per heavy atom. The number of carbonyl (C=O) groups excluding carboxylic acids is 2. The van der Waals surface area contributed by atoms with Crippen LogP contribution < -0.4 is 9.80 Å². The number of amides is 2. The van der Waals surface area contributed by atoms with Crippen molar-refractivity contribution < 1.29 is 14.0 Å². The fraction of sp³-hybridized carbons (Fsp3) is 0.444. The highest BCUT2D eigenvalue weighted by atomic mass is 16.4. The van der Waals surface area contributed by atoms with Gasteiger partial charge in [-0.3, -0.25) is 9.59 Å². The molecule has 0 spiro atoms. The maximum atomic E-state index is 13.1. The Morgan fingerprint density at radius 2 is 1.85 bits per heavy atom. The van der Waals surface area contributed by atoms with E-state index in [9.17, 15) is 9.59 Å². The van der Waals surface area contributed by atoms with E-state index in [1.54, 1.807) is 13.1 Å². The van der Waals surface area contributed by atoms with E-state index < -0.39 is 0 Å². The van der Waals surface area contributed by atoms with Gasteiger partial charge < -0.3 is 19.1 Å². The van der Waals surface area contributed by atoms with Crippen molar-refractivity contribution in [1.82, 2.24) is 15.1 Å². The van der Waals surface area contributed by atoms with Gasteiger partial charge in [-0.25, -0.2) is 0 Å². The van der Waals surface area contributed by atoms with E-state index in [0.717, 1.165) is 13.1 Å². The molecular formula is C18H21N5O3. The molecule has 26 heavy (non-hydrogen) atoms. The van der Waals surface area contributed by atoms with Gasteiger partial charge in [0.15, 0.2) is 0 Å². The highest BCUT2D eigenvalue weighted by Crippen LogP contribution is 2.34. The van der Waals surface area contributed by atoms with Crippen molar-refractivity contribution in [3.63, 3.8) is 0 Å². The van der Waals surface area contributed by atoms with Crippen molar-refractivity contribution in [3.05, 3.63) is 36.2 Å². The molecule has 2 atom stereocenters. The average molecular weight is 355 g/mol. The molecule has 2 amide bonds. The van der Waals surface area contributed by atoms with E-state index in [-0.39, 0.29) is 11.8 Å². The number of carbonyl (C=O) groups is 2. The monoisotopic (exact) mass is 355 g/mol. The summed E-state index contributed by atoms with van der Waals surface area (Å²) in [6.45, 7) is 4.52. The Hall–Kier alpha value is -2.90. The molecule has 136 valence electrons. The summed E-state index contributed by atoms with van der Waals surface area (Å²) in [5.74, 6) is 0.665. The van der Waals surface area contributed by atoms with Crippen molar-refractivity contribution in [2.24, 2.45) is 11.8 Å². The van der Waals surface area contributed by atoms with E-state index in [1.807, 2.05) is 23.1 Å². The van der Waals surface area contributed by atoms with Crippen LogP contribution >= 0.6 is 0 Å². The first-order valence-electron chi connectivity index (χ1n) is 8.68. The molecule has 3 heterocycles. The van der Waals surface area contributed by atoms with Crippen LogP contribution in [0.3, 0.4) is 0 Å². The SMILES string of the molecule is CC(=O)N(C)c1ccccc1C(=O)N1C[C@@H]2CN(c3nnco3)C[C@@H]2C1. The predicted molar refractivity (Wildman–Crippen MR) is 94.9 cm³/mol. The van der Waals surface area contributed by atoms with Gasteiger partial charge in [0.1, 0.15) is 0 Å². The minimum Gasteiger partial charge on any atom is -0.411 e. The minimum atomic E-state index is -0.0984. The van der Waals surface area contributed by atoms with Crippen LogP contribution in [0.2, 0.25) is 0 Å². The number of nitrogens with zero attached hydrogens (tertiary/aromatic N) is 5. The zero-order chi connectivity index (χ0) is 18.3. The number of rotatable bonds is 3. The Morgan fingerprint density at radius 1 is 1.15 bits per heavy atom. The molecule has 8 nitrogen and oxygen atoms in total. The third-order valence-electron chi connectivity index (χ3n) is 5.36. The number of benzene rings is 1. The van der Waals surface area contributed by atoms with Crippen molar-refractivity contribution >= 4 is 23.5 Å². The Bertz CT molecular complexity index is 808. The van der Waals surface area contributed by atoms with Crippen LogP contribution in [0.15, 0.2) is 35.1 Å². The summed E-state index contributed by atoms with van der Waals surface area (Å²) >= 11 is 0. The van der Waals surface area contributed by atoms with Crippen LogP contribution in [0.4, 0.5) is 11.7 Å². The molecule has 2 aliphatic rings. The number of likely N-dealkylation sites (tertiary alicyclic amines) is 1.